The summed E-state index contributed by atoms with van der Waals surface area (Å²) < 4.78 is 0. The highest BCUT2D eigenvalue weighted by Crippen LogP contribution is 2.24. The molecule has 2 N–H and O–H groups in total. The van der Waals surface area contributed by atoms with Gasteiger partial charge in [-0.25, -0.2) is 9.97 Å². The zero-order valence-electron chi connectivity index (χ0n) is 17.0. The van der Waals surface area contributed by atoms with Gasteiger partial charge in [0.25, 0.3) is 5.91 Å². The number of nitrogens with one attached hydrogen (secondary N) is 2. The van der Waals surface area contributed by atoms with Gasteiger partial charge in [0.2, 0.25) is 0 Å². The van der Waals surface area contributed by atoms with Gasteiger partial charge in [0, 0.05) is 43.1 Å². The van der Waals surface area contributed by atoms with Crippen LogP contribution in [0.25, 0.3) is 10.9 Å². The first-order valence-corrected chi connectivity index (χ1v) is 9.55. The van der Waals surface area contributed by atoms with E-state index in [0.717, 1.165) is 22.3 Å². The predicted molar refractivity (Wildman–Crippen MR) is 121 cm³/mol. The zero-order chi connectivity index (χ0) is 21.1. The number of pyridine rings is 1. The van der Waals surface area contributed by atoms with Crippen molar-refractivity contribution in [2.24, 2.45) is 0 Å². The maximum atomic E-state index is 12.8. The van der Waals surface area contributed by atoms with Gasteiger partial charge >= 0.3 is 0 Å². The Bertz CT molecular complexity index is 1200. The van der Waals surface area contributed by atoms with Crippen LogP contribution in [0.4, 0.5) is 22.9 Å². The summed E-state index contributed by atoms with van der Waals surface area (Å²) in [5.41, 5.74) is 3.70. The summed E-state index contributed by atoms with van der Waals surface area (Å²) in [4.78, 5) is 27.9. The number of fused-ring (bicyclic) bond motifs is 1. The summed E-state index contributed by atoms with van der Waals surface area (Å²) in [5, 5.41) is 7.17. The second-order valence-corrected chi connectivity index (χ2v) is 7.09. The summed E-state index contributed by atoms with van der Waals surface area (Å²) in [5.74, 6) is 0.743. The van der Waals surface area contributed by atoms with E-state index in [1.807, 2.05) is 73.6 Å². The number of amides is 1. The van der Waals surface area contributed by atoms with Crippen LogP contribution in [0.1, 0.15) is 16.3 Å². The van der Waals surface area contributed by atoms with Crippen molar-refractivity contribution in [2.75, 3.05) is 29.6 Å². The minimum atomic E-state index is -0.294. The molecule has 7 heteroatoms. The number of nitrogens with zero attached hydrogens (tertiary/aromatic N) is 4. The lowest BCUT2D eigenvalue weighted by molar-refractivity contribution is 0.102. The Morgan fingerprint density at radius 3 is 2.50 bits per heavy atom. The molecule has 0 spiro atoms. The highest BCUT2D eigenvalue weighted by molar-refractivity contribution is 6.03. The average molecular weight is 398 g/mol. The molecule has 2 aromatic carbocycles. The summed E-state index contributed by atoms with van der Waals surface area (Å²) in [6.45, 7) is 1.76. The number of anilines is 4. The number of carbonyl (C=O) groups is 1. The maximum absolute atomic E-state index is 12.8. The fraction of sp³-hybridized carbons (Fsp3) is 0.130. The fourth-order valence-electron chi connectivity index (χ4n) is 3.13. The largest absolute Gasteiger partial charge is 0.378 e. The van der Waals surface area contributed by atoms with Crippen LogP contribution in [0.15, 0.2) is 66.9 Å². The third-order valence-electron chi connectivity index (χ3n) is 4.61. The summed E-state index contributed by atoms with van der Waals surface area (Å²) in [6, 6.07) is 19.0. The minimum Gasteiger partial charge on any atom is -0.378 e. The zero-order valence-corrected chi connectivity index (χ0v) is 17.0. The molecule has 0 saturated heterocycles. The van der Waals surface area contributed by atoms with E-state index in [1.165, 1.54) is 0 Å². The molecule has 0 aliphatic rings. The molecule has 7 nitrogen and oxygen atoms in total. The van der Waals surface area contributed by atoms with Crippen LogP contribution in [0.3, 0.4) is 0 Å². The van der Waals surface area contributed by atoms with Crippen molar-refractivity contribution in [1.29, 1.82) is 0 Å². The van der Waals surface area contributed by atoms with Gasteiger partial charge in [-0.05, 0) is 43.3 Å². The molecule has 0 atom stereocenters. The number of aromatic nitrogens is 3. The van der Waals surface area contributed by atoms with E-state index in [4.69, 9.17) is 0 Å². The van der Waals surface area contributed by atoms with E-state index in [-0.39, 0.29) is 11.6 Å². The van der Waals surface area contributed by atoms with Crippen molar-refractivity contribution in [1.82, 2.24) is 15.0 Å². The molecule has 2 aromatic heterocycles. The summed E-state index contributed by atoms with van der Waals surface area (Å²) in [6.07, 6.45) is 1.75. The van der Waals surface area contributed by atoms with Crippen molar-refractivity contribution in [2.45, 2.75) is 6.92 Å². The van der Waals surface area contributed by atoms with Gasteiger partial charge in [-0.15, -0.1) is 0 Å². The fourth-order valence-corrected chi connectivity index (χ4v) is 3.13. The normalized spacial score (nSPS) is 10.6. The van der Waals surface area contributed by atoms with E-state index in [1.54, 1.807) is 19.2 Å². The van der Waals surface area contributed by atoms with E-state index in [2.05, 4.69) is 25.6 Å². The molecule has 0 radical (unpaired) electrons. The Labute approximate surface area is 174 Å². The molecular weight excluding hydrogens is 376 g/mol. The van der Waals surface area contributed by atoms with Crippen LogP contribution >= 0.6 is 0 Å². The van der Waals surface area contributed by atoms with Gasteiger partial charge in [-0.2, -0.15) is 0 Å². The smallest absolute Gasteiger partial charge is 0.274 e. The predicted octanol–water partition coefficient (Wildman–Crippen LogP) is 4.40. The van der Waals surface area contributed by atoms with Crippen LogP contribution in [-0.4, -0.2) is 35.0 Å². The molecule has 4 rings (SSSR count). The average Bonchev–Trinajstić information content (AvgIpc) is 2.74. The molecule has 0 aliphatic carbocycles. The van der Waals surface area contributed by atoms with Crippen LogP contribution < -0.4 is 15.5 Å². The first kappa shape index (κ1) is 19.3. The van der Waals surface area contributed by atoms with Gasteiger partial charge in [0.15, 0.2) is 0 Å². The molecule has 30 heavy (non-hydrogen) atoms. The molecule has 0 bridgehead atoms. The second kappa shape index (κ2) is 8.16. The first-order chi connectivity index (χ1) is 14.5. The van der Waals surface area contributed by atoms with E-state index < -0.39 is 0 Å². The third-order valence-corrected chi connectivity index (χ3v) is 4.61. The molecule has 4 aromatic rings. The number of carbonyl (C=O) groups excluding carboxylic acids is 1. The molecule has 150 valence electrons. The number of benzene rings is 2. The van der Waals surface area contributed by atoms with Gasteiger partial charge in [-0.1, -0.05) is 18.2 Å². The second-order valence-electron chi connectivity index (χ2n) is 7.09. The van der Waals surface area contributed by atoms with E-state index >= 15 is 0 Å². The number of aryl methyl sites for hydroxylation is 1. The standard InChI is InChI=1S/C23H22N6O/c1-15-25-20(23(30)27-17-9-11-18(12-10-17)29(2)3)14-21(26-15)28-19-8-4-6-16-7-5-13-24-22(16)19/h4-14H,1-3H3,(H,27,30)(H,25,26,28). The Balaban J connectivity index is 1.57. The molecule has 1 amide bonds. The Morgan fingerprint density at radius 2 is 1.73 bits per heavy atom. The highest BCUT2D eigenvalue weighted by Gasteiger charge is 2.12. The lowest BCUT2D eigenvalue weighted by Gasteiger charge is -2.13. The SMILES string of the molecule is Cc1nc(Nc2cccc3cccnc23)cc(C(=O)Nc2ccc(N(C)C)cc2)n1. The molecule has 0 unspecified atom stereocenters. The maximum Gasteiger partial charge on any atom is 0.274 e. The van der Waals surface area contributed by atoms with Crippen molar-refractivity contribution in [3.05, 3.63) is 78.4 Å². The third kappa shape index (κ3) is 4.20. The topological polar surface area (TPSA) is 83.0 Å². The van der Waals surface area contributed by atoms with Gasteiger partial charge in [-0.3, -0.25) is 9.78 Å². The summed E-state index contributed by atoms with van der Waals surface area (Å²) in [7, 11) is 3.94. The Kier molecular flexibility index (Phi) is 5.26. The summed E-state index contributed by atoms with van der Waals surface area (Å²) >= 11 is 0. The highest BCUT2D eigenvalue weighted by atomic mass is 16.1. The van der Waals surface area contributed by atoms with E-state index in [9.17, 15) is 4.79 Å². The molecule has 0 aliphatic heterocycles. The van der Waals surface area contributed by atoms with Crippen LogP contribution in [0.2, 0.25) is 0 Å². The monoisotopic (exact) mass is 398 g/mol. The van der Waals surface area contributed by atoms with Crippen LogP contribution in [0.5, 0.6) is 0 Å². The molecule has 0 saturated carbocycles. The number of rotatable bonds is 5. The van der Waals surface area contributed by atoms with Gasteiger partial charge in [0.05, 0.1) is 11.2 Å². The molecule has 0 fully saturated rings. The van der Waals surface area contributed by atoms with E-state index in [0.29, 0.717) is 17.3 Å². The van der Waals surface area contributed by atoms with Crippen molar-refractivity contribution in [3.8, 4) is 0 Å². The Morgan fingerprint density at radius 1 is 0.967 bits per heavy atom. The molecule has 2 heterocycles. The van der Waals surface area contributed by atoms with Gasteiger partial charge in [0.1, 0.15) is 17.3 Å². The lowest BCUT2D eigenvalue weighted by Crippen LogP contribution is -2.15. The molecular formula is C23H22N6O. The lowest BCUT2D eigenvalue weighted by atomic mass is 10.2. The van der Waals surface area contributed by atoms with Gasteiger partial charge < -0.3 is 15.5 Å². The van der Waals surface area contributed by atoms with Crippen molar-refractivity contribution >= 4 is 39.7 Å². The van der Waals surface area contributed by atoms with Crippen LogP contribution in [0, 0.1) is 6.92 Å². The quantitative estimate of drug-likeness (QED) is 0.519. The number of para-hydroxylation sites is 1. The van der Waals surface area contributed by atoms with Crippen molar-refractivity contribution < 1.29 is 4.79 Å². The van der Waals surface area contributed by atoms with Crippen LogP contribution in [-0.2, 0) is 0 Å². The Hall–Kier alpha value is -4.00. The minimum absolute atomic E-state index is 0.287. The number of hydrogen-bond donors (Lipinski definition) is 2. The van der Waals surface area contributed by atoms with Crippen molar-refractivity contribution in [3.63, 3.8) is 0 Å². The first-order valence-electron chi connectivity index (χ1n) is 9.55. The number of hydrogen-bond acceptors (Lipinski definition) is 6.